The molecule has 0 aliphatic rings. The molecule has 2 aromatic rings. The normalized spacial score (nSPS) is 12.6. The molecule has 1 heterocycles. The Bertz CT molecular complexity index is 479. The van der Waals surface area contributed by atoms with Gasteiger partial charge in [-0.15, -0.1) is 10.2 Å². The van der Waals surface area contributed by atoms with E-state index in [4.69, 9.17) is 11.6 Å². The van der Waals surface area contributed by atoms with Crippen LogP contribution in [-0.2, 0) is 13.6 Å². The van der Waals surface area contributed by atoms with Crippen LogP contribution in [0.1, 0.15) is 24.4 Å². The highest BCUT2D eigenvalue weighted by molar-refractivity contribution is 6.30. The van der Waals surface area contributed by atoms with Gasteiger partial charge in [0.2, 0.25) is 0 Å². The number of aryl methyl sites for hydroxylation is 1. The molecule has 2 rings (SSSR count). The zero-order chi connectivity index (χ0) is 12.3. The van der Waals surface area contributed by atoms with Gasteiger partial charge in [-0.1, -0.05) is 23.7 Å². The number of tetrazole rings is 1. The van der Waals surface area contributed by atoms with Gasteiger partial charge >= 0.3 is 0 Å². The fourth-order valence-electron chi connectivity index (χ4n) is 1.51. The predicted molar refractivity (Wildman–Crippen MR) is 65.5 cm³/mol. The number of hydrogen-bond donors (Lipinski definition) is 1. The number of rotatable bonds is 4. The molecule has 90 valence electrons. The van der Waals surface area contributed by atoms with E-state index in [2.05, 4.69) is 27.7 Å². The molecule has 0 spiro atoms. The summed E-state index contributed by atoms with van der Waals surface area (Å²) in [5.41, 5.74) is 1.18. The van der Waals surface area contributed by atoms with Gasteiger partial charge in [0.25, 0.3) is 0 Å². The first-order valence-corrected chi connectivity index (χ1v) is 5.74. The Hall–Kier alpha value is -1.46. The molecule has 0 aliphatic heterocycles. The fraction of sp³-hybridized carbons (Fsp3) is 0.364. The summed E-state index contributed by atoms with van der Waals surface area (Å²) in [4.78, 5) is 1.45. The largest absolute Gasteiger partial charge is 0.303 e. The average molecular weight is 252 g/mol. The molecule has 0 fully saturated rings. The minimum atomic E-state index is 0.219. The van der Waals surface area contributed by atoms with E-state index in [1.165, 1.54) is 10.4 Å². The van der Waals surface area contributed by atoms with Crippen molar-refractivity contribution < 1.29 is 0 Å². The number of nitrogens with one attached hydrogen (secondary N) is 1. The van der Waals surface area contributed by atoms with Crippen LogP contribution in [0.2, 0.25) is 5.02 Å². The Kier molecular flexibility index (Phi) is 3.71. The average Bonchev–Trinajstić information content (AvgIpc) is 2.73. The van der Waals surface area contributed by atoms with Gasteiger partial charge in [-0.3, -0.25) is 0 Å². The molecule has 0 bridgehead atoms. The molecule has 0 radical (unpaired) electrons. The lowest BCUT2D eigenvalue weighted by Crippen LogP contribution is -2.19. The fourth-order valence-corrected chi connectivity index (χ4v) is 1.63. The first-order valence-electron chi connectivity index (χ1n) is 5.37. The Balaban J connectivity index is 1.93. The van der Waals surface area contributed by atoms with Crippen molar-refractivity contribution in [2.45, 2.75) is 19.5 Å². The van der Waals surface area contributed by atoms with Gasteiger partial charge in [0.05, 0.1) is 13.6 Å². The summed E-state index contributed by atoms with van der Waals surface area (Å²) in [7, 11) is 1.75. The van der Waals surface area contributed by atoms with Gasteiger partial charge < -0.3 is 5.32 Å². The first-order chi connectivity index (χ1) is 8.15. The van der Waals surface area contributed by atoms with Gasteiger partial charge in [-0.25, -0.2) is 0 Å². The molecular weight excluding hydrogens is 238 g/mol. The summed E-state index contributed by atoms with van der Waals surface area (Å²) in [6.45, 7) is 2.68. The van der Waals surface area contributed by atoms with E-state index >= 15 is 0 Å². The topological polar surface area (TPSA) is 55.6 Å². The van der Waals surface area contributed by atoms with E-state index in [1.54, 1.807) is 7.05 Å². The smallest absolute Gasteiger partial charge is 0.188 e. The van der Waals surface area contributed by atoms with Crippen molar-refractivity contribution >= 4 is 11.6 Å². The van der Waals surface area contributed by atoms with Crippen molar-refractivity contribution in [1.29, 1.82) is 0 Å². The summed E-state index contributed by atoms with van der Waals surface area (Å²) in [5.74, 6) is 0.688. The lowest BCUT2D eigenvalue weighted by molar-refractivity contribution is 0.555. The monoisotopic (exact) mass is 251 g/mol. The first kappa shape index (κ1) is 12.0. The number of aromatic nitrogens is 4. The predicted octanol–water partition coefficient (Wildman–Crippen LogP) is 1.71. The van der Waals surface area contributed by atoms with Crippen molar-refractivity contribution in [3.8, 4) is 0 Å². The zero-order valence-corrected chi connectivity index (χ0v) is 10.5. The van der Waals surface area contributed by atoms with Crippen molar-refractivity contribution in [2.24, 2.45) is 7.05 Å². The van der Waals surface area contributed by atoms with Crippen LogP contribution in [0.5, 0.6) is 0 Å². The lowest BCUT2D eigenvalue weighted by Gasteiger charge is -2.12. The third kappa shape index (κ3) is 3.25. The second kappa shape index (κ2) is 5.25. The maximum Gasteiger partial charge on any atom is 0.188 e. The molecule has 0 saturated heterocycles. The molecule has 0 saturated carbocycles. The van der Waals surface area contributed by atoms with Crippen LogP contribution in [0, 0.1) is 0 Å². The second-order valence-electron chi connectivity index (χ2n) is 3.85. The second-order valence-corrected chi connectivity index (χ2v) is 4.29. The van der Waals surface area contributed by atoms with Gasteiger partial charge in [-0.2, -0.15) is 4.80 Å². The summed E-state index contributed by atoms with van der Waals surface area (Å²) < 4.78 is 0. The van der Waals surface area contributed by atoms with E-state index < -0.39 is 0 Å². The van der Waals surface area contributed by atoms with Gasteiger partial charge in [0, 0.05) is 11.1 Å². The highest BCUT2D eigenvalue weighted by Crippen LogP contribution is 2.16. The quantitative estimate of drug-likeness (QED) is 0.899. The number of hydrogen-bond acceptors (Lipinski definition) is 4. The summed E-state index contributed by atoms with van der Waals surface area (Å²) >= 11 is 5.84. The summed E-state index contributed by atoms with van der Waals surface area (Å²) in [5, 5.41) is 15.9. The minimum absolute atomic E-state index is 0.219. The highest BCUT2D eigenvalue weighted by Gasteiger charge is 2.06. The van der Waals surface area contributed by atoms with Gasteiger partial charge in [-0.05, 0) is 29.8 Å². The van der Waals surface area contributed by atoms with Crippen LogP contribution >= 0.6 is 11.6 Å². The van der Waals surface area contributed by atoms with Crippen LogP contribution in [0.15, 0.2) is 24.3 Å². The molecule has 1 N–H and O–H groups in total. The molecule has 0 amide bonds. The molecule has 17 heavy (non-hydrogen) atoms. The third-order valence-electron chi connectivity index (χ3n) is 2.49. The molecule has 0 unspecified atom stereocenters. The van der Waals surface area contributed by atoms with Crippen LogP contribution in [0.3, 0.4) is 0 Å². The van der Waals surface area contributed by atoms with Crippen LogP contribution < -0.4 is 5.32 Å². The van der Waals surface area contributed by atoms with E-state index in [1.807, 2.05) is 24.3 Å². The van der Waals surface area contributed by atoms with Gasteiger partial charge in [0.15, 0.2) is 5.82 Å². The highest BCUT2D eigenvalue weighted by atomic mass is 35.5. The van der Waals surface area contributed by atoms with Gasteiger partial charge in [0.1, 0.15) is 0 Å². The SMILES string of the molecule is C[C@@H](NCc1nnn(C)n1)c1ccc(Cl)cc1. The van der Waals surface area contributed by atoms with E-state index in [9.17, 15) is 0 Å². The Morgan fingerprint density at radius 3 is 2.65 bits per heavy atom. The van der Waals surface area contributed by atoms with E-state index in [0.717, 1.165) is 5.02 Å². The van der Waals surface area contributed by atoms with Crippen molar-refractivity contribution in [2.75, 3.05) is 0 Å². The molecule has 5 nitrogen and oxygen atoms in total. The Morgan fingerprint density at radius 2 is 2.06 bits per heavy atom. The van der Waals surface area contributed by atoms with E-state index in [0.29, 0.717) is 12.4 Å². The van der Waals surface area contributed by atoms with Crippen molar-refractivity contribution in [3.63, 3.8) is 0 Å². The van der Waals surface area contributed by atoms with Crippen LogP contribution in [-0.4, -0.2) is 20.2 Å². The van der Waals surface area contributed by atoms with Crippen LogP contribution in [0.25, 0.3) is 0 Å². The standard InChI is InChI=1S/C11H14ClN5/c1-8(9-3-5-10(12)6-4-9)13-7-11-14-16-17(2)15-11/h3-6,8,13H,7H2,1-2H3/t8-/m1/s1. The zero-order valence-electron chi connectivity index (χ0n) is 9.76. The maximum atomic E-state index is 5.84. The number of benzene rings is 1. The number of nitrogens with zero attached hydrogens (tertiary/aromatic N) is 4. The molecule has 0 aliphatic carbocycles. The van der Waals surface area contributed by atoms with Crippen molar-refractivity contribution in [3.05, 3.63) is 40.7 Å². The third-order valence-corrected chi connectivity index (χ3v) is 2.74. The molecule has 1 aromatic heterocycles. The summed E-state index contributed by atoms with van der Waals surface area (Å²) in [6.07, 6.45) is 0. The summed E-state index contributed by atoms with van der Waals surface area (Å²) in [6, 6.07) is 8.00. The molecule has 1 atom stereocenters. The lowest BCUT2D eigenvalue weighted by atomic mass is 10.1. The molecule has 6 heteroatoms. The Morgan fingerprint density at radius 1 is 1.35 bits per heavy atom. The molecule has 1 aromatic carbocycles. The number of halogens is 1. The molecular formula is C11H14ClN5. The van der Waals surface area contributed by atoms with Crippen LogP contribution in [0.4, 0.5) is 0 Å². The van der Waals surface area contributed by atoms with Crippen molar-refractivity contribution in [1.82, 2.24) is 25.5 Å². The Labute approximate surface area is 105 Å². The minimum Gasteiger partial charge on any atom is -0.303 e. The maximum absolute atomic E-state index is 5.84. The van der Waals surface area contributed by atoms with E-state index in [-0.39, 0.29) is 6.04 Å².